The van der Waals surface area contributed by atoms with Crippen molar-refractivity contribution in [3.63, 3.8) is 0 Å². The van der Waals surface area contributed by atoms with Gasteiger partial charge in [0.05, 0.1) is 5.92 Å². The van der Waals surface area contributed by atoms with Crippen molar-refractivity contribution in [2.45, 2.75) is 69.8 Å². The van der Waals surface area contributed by atoms with Gasteiger partial charge in [-0.3, -0.25) is 9.59 Å². The highest BCUT2D eigenvalue weighted by molar-refractivity contribution is 8.14. The van der Waals surface area contributed by atoms with Crippen molar-refractivity contribution in [3.05, 3.63) is 35.9 Å². The maximum Gasteiger partial charge on any atom is 0.329 e. The van der Waals surface area contributed by atoms with Crippen LogP contribution in [0.1, 0.15) is 63.2 Å². The zero-order valence-electron chi connectivity index (χ0n) is 16.8. The average Bonchev–Trinajstić information content (AvgIpc) is 3.30. The number of hydrogen-bond donors (Lipinski definition) is 0. The molecular formula is C22H29NO4S. The molecule has 1 heterocycles. The van der Waals surface area contributed by atoms with Crippen molar-refractivity contribution in [2.75, 3.05) is 6.54 Å². The zero-order chi connectivity index (χ0) is 20.3. The normalized spacial score (nSPS) is 25.0. The summed E-state index contributed by atoms with van der Waals surface area (Å²) in [6.45, 7) is 6.10. The number of amides is 1. The summed E-state index contributed by atoms with van der Waals surface area (Å²) in [5.74, 6) is -0.522. The molecule has 152 valence electrons. The van der Waals surface area contributed by atoms with Crippen molar-refractivity contribution in [1.29, 1.82) is 0 Å². The molecule has 3 atom stereocenters. The van der Waals surface area contributed by atoms with Gasteiger partial charge in [0.1, 0.15) is 11.6 Å². The van der Waals surface area contributed by atoms with E-state index in [0.717, 1.165) is 25.7 Å². The Bertz CT molecular complexity index is 728. The summed E-state index contributed by atoms with van der Waals surface area (Å²) >= 11 is 1.27. The number of benzene rings is 1. The van der Waals surface area contributed by atoms with Crippen molar-refractivity contribution < 1.29 is 19.1 Å². The molecule has 28 heavy (non-hydrogen) atoms. The molecule has 3 rings (SSSR count). The lowest BCUT2D eigenvalue weighted by Crippen LogP contribution is -2.46. The minimum absolute atomic E-state index is 0.00391. The SMILES string of the molecule is CC(C)(C)OC(=O)[C@@H]1CCCN1C(=O)[C@H]1CCC[C@H]1SC(=O)c1ccccc1. The molecule has 1 saturated heterocycles. The molecular weight excluding hydrogens is 374 g/mol. The highest BCUT2D eigenvalue weighted by Crippen LogP contribution is 2.39. The summed E-state index contributed by atoms with van der Waals surface area (Å²) in [6.07, 6.45) is 4.01. The Morgan fingerprint density at radius 3 is 2.43 bits per heavy atom. The molecule has 0 N–H and O–H groups in total. The highest BCUT2D eigenvalue weighted by Gasteiger charge is 2.43. The molecule has 1 aromatic carbocycles. The molecule has 0 radical (unpaired) electrons. The number of carbonyl (C=O) groups is 3. The Kier molecular flexibility index (Phi) is 6.48. The minimum atomic E-state index is -0.567. The van der Waals surface area contributed by atoms with E-state index in [9.17, 15) is 14.4 Å². The Morgan fingerprint density at radius 1 is 1.04 bits per heavy atom. The molecule has 0 aromatic heterocycles. The molecule has 2 aliphatic rings. The number of hydrogen-bond acceptors (Lipinski definition) is 5. The van der Waals surface area contributed by atoms with Gasteiger partial charge in [-0.05, 0) is 46.5 Å². The number of rotatable bonds is 4. The molecule has 2 fully saturated rings. The lowest BCUT2D eigenvalue weighted by Gasteiger charge is -2.30. The average molecular weight is 404 g/mol. The van der Waals surface area contributed by atoms with Gasteiger partial charge in [-0.25, -0.2) is 4.79 Å². The third-order valence-corrected chi connectivity index (χ3v) is 6.57. The summed E-state index contributed by atoms with van der Waals surface area (Å²) in [5.41, 5.74) is 0.0980. The third-order valence-electron chi connectivity index (χ3n) is 5.25. The number of carbonyl (C=O) groups excluding carboxylic acids is 3. The predicted octanol–water partition coefficient (Wildman–Crippen LogP) is 4.06. The number of esters is 1. The van der Waals surface area contributed by atoms with Gasteiger partial charge < -0.3 is 9.64 Å². The highest BCUT2D eigenvalue weighted by atomic mass is 32.2. The Hall–Kier alpha value is -1.82. The molecule has 1 aliphatic heterocycles. The van der Waals surface area contributed by atoms with Crippen LogP contribution < -0.4 is 0 Å². The zero-order valence-corrected chi connectivity index (χ0v) is 17.7. The third kappa shape index (κ3) is 4.96. The second kappa shape index (κ2) is 8.68. The van der Waals surface area contributed by atoms with Crippen LogP contribution in [0.15, 0.2) is 30.3 Å². The largest absolute Gasteiger partial charge is 0.458 e. The molecule has 1 aliphatic carbocycles. The smallest absolute Gasteiger partial charge is 0.329 e. The predicted molar refractivity (Wildman–Crippen MR) is 110 cm³/mol. The summed E-state index contributed by atoms with van der Waals surface area (Å²) in [7, 11) is 0. The first-order valence-electron chi connectivity index (χ1n) is 10.1. The summed E-state index contributed by atoms with van der Waals surface area (Å²) in [4.78, 5) is 40.1. The molecule has 1 amide bonds. The van der Waals surface area contributed by atoms with Crippen LogP contribution in [0.25, 0.3) is 0 Å². The van der Waals surface area contributed by atoms with Crippen molar-refractivity contribution in [3.8, 4) is 0 Å². The van der Waals surface area contributed by atoms with Gasteiger partial charge in [-0.1, -0.05) is 48.5 Å². The van der Waals surface area contributed by atoms with E-state index < -0.39 is 11.6 Å². The quantitative estimate of drug-likeness (QED) is 0.710. The van der Waals surface area contributed by atoms with Crippen LogP contribution in [-0.2, 0) is 14.3 Å². The monoisotopic (exact) mass is 403 g/mol. The van der Waals surface area contributed by atoms with E-state index in [1.165, 1.54) is 11.8 Å². The first kappa shape index (κ1) is 20.9. The van der Waals surface area contributed by atoms with Crippen molar-refractivity contribution >= 4 is 28.8 Å². The number of likely N-dealkylation sites (tertiary alicyclic amines) is 1. The maximum atomic E-state index is 13.2. The van der Waals surface area contributed by atoms with Crippen LogP contribution in [0, 0.1) is 5.92 Å². The molecule has 0 unspecified atom stereocenters. The van der Waals surface area contributed by atoms with E-state index in [4.69, 9.17) is 4.74 Å². The topological polar surface area (TPSA) is 63.7 Å². The van der Waals surface area contributed by atoms with Crippen LogP contribution in [0.4, 0.5) is 0 Å². The summed E-state index contributed by atoms with van der Waals surface area (Å²) < 4.78 is 5.52. The molecule has 5 nitrogen and oxygen atoms in total. The van der Waals surface area contributed by atoms with E-state index in [-0.39, 0.29) is 28.2 Å². The summed E-state index contributed by atoms with van der Waals surface area (Å²) in [5, 5.41) is -0.0180. The first-order chi connectivity index (χ1) is 13.3. The minimum Gasteiger partial charge on any atom is -0.458 e. The first-order valence-corrected chi connectivity index (χ1v) is 10.9. The second-order valence-corrected chi connectivity index (χ2v) is 9.78. The van der Waals surface area contributed by atoms with Gasteiger partial charge in [0, 0.05) is 17.4 Å². The van der Waals surface area contributed by atoms with Gasteiger partial charge in [0.25, 0.3) is 0 Å². The standard InChI is InChI=1S/C22H29NO4S/c1-22(2,3)27-20(25)17-12-8-14-23(17)19(24)16-11-7-13-18(16)28-21(26)15-9-5-4-6-10-15/h4-6,9-10,16-18H,7-8,11-14H2,1-3H3/t16-,17-,18+/m0/s1. The van der Waals surface area contributed by atoms with Gasteiger partial charge in [-0.15, -0.1) is 0 Å². The second-order valence-electron chi connectivity index (χ2n) is 8.57. The fourth-order valence-corrected chi connectivity index (χ4v) is 5.24. The van der Waals surface area contributed by atoms with Gasteiger partial charge in [0.15, 0.2) is 0 Å². The number of ether oxygens (including phenoxy) is 1. The fourth-order valence-electron chi connectivity index (χ4n) is 3.99. The van der Waals surface area contributed by atoms with E-state index in [1.807, 2.05) is 39.0 Å². The summed E-state index contributed by atoms with van der Waals surface area (Å²) in [6, 6.07) is 8.69. The lowest BCUT2D eigenvalue weighted by atomic mass is 10.1. The number of thioether (sulfide) groups is 1. The maximum absolute atomic E-state index is 13.2. The number of nitrogens with zero attached hydrogens (tertiary/aromatic N) is 1. The fraction of sp³-hybridized carbons (Fsp3) is 0.591. The van der Waals surface area contributed by atoms with Crippen LogP contribution in [0.5, 0.6) is 0 Å². The van der Waals surface area contributed by atoms with Gasteiger partial charge >= 0.3 is 5.97 Å². The molecule has 0 bridgehead atoms. The Balaban J connectivity index is 1.66. The molecule has 6 heteroatoms. The lowest BCUT2D eigenvalue weighted by molar-refractivity contribution is -0.163. The molecule has 0 spiro atoms. The van der Waals surface area contributed by atoms with E-state index in [2.05, 4.69) is 0 Å². The van der Waals surface area contributed by atoms with Crippen molar-refractivity contribution in [2.24, 2.45) is 5.92 Å². The molecule has 1 aromatic rings. The van der Waals surface area contributed by atoms with Gasteiger partial charge in [-0.2, -0.15) is 0 Å². The molecule has 1 saturated carbocycles. The van der Waals surface area contributed by atoms with Gasteiger partial charge in [0.2, 0.25) is 11.0 Å². The van der Waals surface area contributed by atoms with E-state index >= 15 is 0 Å². The Morgan fingerprint density at radius 2 is 1.75 bits per heavy atom. The van der Waals surface area contributed by atoms with E-state index in [0.29, 0.717) is 18.5 Å². The van der Waals surface area contributed by atoms with Crippen LogP contribution in [0.2, 0.25) is 0 Å². The van der Waals surface area contributed by atoms with E-state index in [1.54, 1.807) is 17.0 Å². The van der Waals surface area contributed by atoms with Crippen molar-refractivity contribution in [1.82, 2.24) is 4.90 Å². The Labute approximate surface area is 171 Å². The van der Waals surface area contributed by atoms with Crippen LogP contribution in [-0.4, -0.2) is 45.3 Å². The van der Waals surface area contributed by atoms with Crippen LogP contribution >= 0.6 is 11.8 Å². The van der Waals surface area contributed by atoms with Crippen LogP contribution in [0.3, 0.4) is 0 Å².